The third kappa shape index (κ3) is 10.9. The minimum Gasteiger partial charge on any atom is -0.479 e. The monoisotopic (exact) mass is 192 g/mol. The van der Waals surface area contributed by atoms with E-state index in [2.05, 4.69) is 9.47 Å². The molecule has 0 aromatic rings. The SMILES string of the molecule is CCC(=O)OC.COC(C)C(=O)O. The molecule has 13 heavy (non-hydrogen) atoms. The average molecular weight is 192 g/mol. The molecule has 5 nitrogen and oxygen atoms in total. The first-order valence-electron chi connectivity index (χ1n) is 3.81. The van der Waals surface area contributed by atoms with Gasteiger partial charge >= 0.3 is 11.9 Å². The number of esters is 1. The summed E-state index contributed by atoms with van der Waals surface area (Å²) in [4.78, 5) is 19.8. The van der Waals surface area contributed by atoms with Crippen molar-refractivity contribution < 1.29 is 24.2 Å². The molecular weight excluding hydrogens is 176 g/mol. The van der Waals surface area contributed by atoms with E-state index in [0.717, 1.165) is 0 Å². The Labute approximate surface area is 77.6 Å². The van der Waals surface area contributed by atoms with Crippen molar-refractivity contribution in [1.29, 1.82) is 0 Å². The fourth-order valence-corrected chi connectivity index (χ4v) is 0.245. The molecule has 0 aliphatic heterocycles. The van der Waals surface area contributed by atoms with Crippen LogP contribution in [0.1, 0.15) is 20.3 Å². The Morgan fingerprint density at radius 2 is 1.85 bits per heavy atom. The highest BCUT2D eigenvalue weighted by Gasteiger charge is 2.06. The second kappa shape index (κ2) is 8.99. The summed E-state index contributed by atoms with van der Waals surface area (Å²) >= 11 is 0. The van der Waals surface area contributed by atoms with Crippen LogP contribution in [-0.2, 0) is 19.1 Å². The van der Waals surface area contributed by atoms with Crippen molar-refractivity contribution in [1.82, 2.24) is 0 Å². The van der Waals surface area contributed by atoms with Gasteiger partial charge in [0.05, 0.1) is 7.11 Å². The minimum absolute atomic E-state index is 0.157. The summed E-state index contributed by atoms with van der Waals surface area (Å²) in [6, 6.07) is 0. The van der Waals surface area contributed by atoms with E-state index >= 15 is 0 Å². The molecule has 0 aliphatic rings. The van der Waals surface area contributed by atoms with Gasteiger partial charge in [-0.1, -0.05) is 6.92 Å². The summed E-state index contributed by atoms with van der Waals surface area (Å²) in [6.07, 6.45) is -0.212. The minimum atomic E-state index is -0.928. The second-order valence-corrected chi connectivity index (χ2v) is 2.15. The van der Waals surface area contributed by atoms with E-state index in [0.29, 0.717) is 6.42 Å². The summed E-state index contributed by atoms with van der Waals surface area (Å²) in [7, 11) is 2.74. The number of aliphatic carboxylic acids is 1. The van der Waals surface area contributed by atoms with Gasteiger partial charge in [-0.15, -0.1) is 0 Å². The Kier molecular flexibility index (Phi) is 9.98. The molecule has 0 radical (unpaired) electrons. The van der Waals surface area contributed by atoms with Crippen LogP contribution < -0.4 is 0 Å². The van der Waals surface area contributed by atoms with Gasteiger partial charge in [0, 0.05) is 13.5 Å². The maximum absolute atomic E-state index is 9.96. The molecule has 0 spiro atoms. The predicted octanol–water partition coefficient (Wildman–Crippen LogP) is 0.675. The average Bonchev–Trinajstić information content (AvgIpc) is 2.16. The summed E-state index contributed by atoms with van der Waals surface area (Å²) in [5, 5.41) is 8.06. The maximum Gasteiger partial charge on any atom is 0.332 e. The van der Waals surface area contributed by atoms with E-state index in [1.165, 1.54) is 21.1 Å². The molecule has 0 fully saturated rings. The van der Waals surface area contributed by atoms with Gasteiger partial charge in [0.15, 0.2) is 6.10 Å². The Morgan fingerprint density at radius 1 is 1.38 bits per heavy atom. The van der Waals surface area contributed by atoms with Crippen molar-refractivity contribution in [3.63, 3.8) is 0 Å². The first kappa shape index (κ1) is 14.4. The first-order valence-corrected chi connectivity index (χ1v) is 3.81. The lowest BCUT2D eigenvalue weighted by Gasteiger charge is -1.98. The number of hydrogen-bond acceptors (Lipinski definition) is 4. The molecule has 1 atom stereocenters. The quantitative estimate of drug-likeness (QED) is 0.665. The molecule has 0 aromatic carbocycles. The highest BCUT2D eigenvalue weighted by atomic mass is 16.5. The Bertz CT molecular complexity index is 149. The van der Waals surface area contributed by atoms with Crippen molar-refractivity contribution in [3.05, 3.63) is 0 Å². The van der Waals surface area contributed by atoms with Crippen LogP contribution in [0.5, 0.6) is 0 Å². The molecular formula is C8H16O5. The zero-order valence-corrected chi connectivity index (χ0v) is 8.36. The van der Waals surface area contributed by atoms with Crippen LogP contribution in [-0.4, -0.2) is 37.4 Å². The topological polar surface area (TPSA) is 72.8 Å². The van der Waals surface area contributed by atoms with Crippen LogP contribution in [0.2, 0.25) is 0 Å². The zero-order valence-electron chi connectivity index (χ0n) is 8.36. The fourth-order valence-electron chi connectivity index (χ4n) is 0.245. The normalized spacial score (nSPS) is 10.8. The van der Waals surface area contributed by atoms with Crippen LogP contribution in [0, 0.1) is 0 Å². The second-order valence-electron chi connectivity index (χ2n) is 2.15. The molecule has 0 amide bonds. The van der Waals surface area contributed by atoms with E-state index in [4.69, 9.17) is 5.11 Å². The van der Waals surface area contributed by atoms with Gasteiger partial charge in [-0.2, -0.15) is 0 Å². The molecule has 5 heteroatoms. The van der Waals surface area contributed by atoms with Crippen LogP contribution in [0.15, 0.2) is 0 Å². The largest absolute Gasteiger partial charge is 0.479 e. The number of carboxylic acids is 1. The Balaban J connectivity index is 0. The lowest BCUT2D eigenvalue weighted by atomic mass is 10.4. The van der Waals surface area contributed by atoms with E-state index in [1.54, 1.807) is 6.92 Å². The van der Waals surface area contributed by atoms with Crippen LogP contribution >= 0.6 is 0 Å². The molecule has 1 unspecified atom stereocenters. The summed E-state index contributed by atoms with van der Waals surface area (Å²) in [5.74, 6) is -1.09. The van der Waals surface area contributed by atoms with E-state index in [9.17, 15) is 9.59 Å². The van der Waals surface area contributed by atoms with Crippen LogP contribution in [0.25, 0.3) is 0 Å². The van der Waals surface area contributed by atoms with E-state index in [-0.39, 0.29) is 5.97 Å². The maximum atomic E-state index is 9.96. The van der Waals surface area contributed by atoms with Crippen molar-refractivity contribution in [2.45, 2.75) is 26.4 Å². The van der Waals surface area contributed by atoms with E-state index < -0.39 is 12.1 Å². The third-order valence-electron chi connectivity index (χ3n) is 1.22. The number of methoxy groups -OCH3 is 2. The van der Waals surface area contributed by atoms with Gasteiger partial charge in [0.2, 0.25) is 0 Å². The van der Waals surface area contributed by atoms with Crippen molar-refractivity contribution >= 4 is 11.9 Å². The molecule has 78 valence electrons. The Morgan fingerprint density at radius 3 is 1.85 bits per heavy atom. The van der Waals surface area contributed by atoms with Crippen molar-refractivity contribution in [2.75, 3.05) is 14.2 Å². The molecule has 1 N–H and O–H groups in total. The molecule has 0 heterocycles. The smallest absolute Gasteiger partial charge is 0.332 e. The highest BCUT2D eigenvalue weighted by Crippen LogP contribution is 1.83. The summed E-state index contributed by atoms with van der Waals surface area (Å²) in [6.45, 7) is 3.23. The number of carbonyl (C=O) groups is 2. The van der Waals surface area contributed by atoms with Crippen molar-refractivity contribution in [3.8, 4) is 0 Å². The van der Waals surface area contributed by atoms with Crippen LogP contribution in [0.4, 0.5) is 0 Å². The summed E-state index contributed by atoms with van der Waals surface area (Å²) < 4.78 is 8.67. The molecule has 0 aliphatic carbocycles. The lowest BCUT2D eigenvalue weighted by Crippen LogP contribution is -2.17. The van der Waals surface area contributed by atoms with Gasteiger partial charge in [-0.3, -0.25) is 4.79 Å². The molecule has 0 aromatic heterocycles. The van der Waals surface area contributed by atoms with Crippen LogP contribution in [0.3, 0.4) is 0 Å². The molecule has 0 bridgehead atoms. The number of hydrogen-bond donors (Lipinski definition) is 1. The number of rotatable bonds is 3. The van der Waals surface area contributed by atoms with Gasteiger partial charge in [0.25, 0.3) is 0 Å². The highest BCUT2D eigenvalue weighted by molar-refractivity contribution is 5.71. The fraction of sp³-hybridized carbons (Fsp3) is 0.750. The van der Waals surface area contributed by atoms with Gasteiger partial charge < -0.3 is 14.6 Å². The zero-order chi connectivity index (χ0) is 10.9. The lowest BCUT2D eigenvalue weighted by molar-refractivity contribution is -0.147. The number of carboxylic acid groups (broad SMARTS) is 1. The molecule has 0 saturated carbocycles. The predicted molar refractivity (Wildman–Crippen MR) is 46.4 cm³/mol. The van der Waals surface area contributed by atoms with Gasteiger partial charge in [-0.25, -0.2) is 4.79 Å². The van der Waals surface area contributed by atoms with Gasteiger partial charge in [-0.05, 0) is 6.92 Å². The first-order chi connectivity index (χ1) is 5.99. The number of ether oxygens (including phenoxy) is 2. The van der Waals surface area contributed by atoms with E-state index in [1.807, 2.05) is 0 Å². The third-order valence-corrected chi connectivity index (χ3v) is 1.22. The standard InChI is InChI=1S/C4H8O3.C4H8O2/c1-3(7-2)4(5)6;1-3-4(5)6-2/h3H,1-2H3,(H,5,6);3H2,1-2H3. The number of carbonyl (C=O) groups excluding carboxylic acids is 1. The molecule has 0 saturated heterocycles. The molecule has 0 rings (SSSR count). The van der Waals surface area contributed by atoms with Crippen molar-refractivity contribution in [2.24, 2.45) is 0 Å². The van der Waals surface area contributed by atoms with Gasteiger partial charge in [0.1, 0.15) is 0 Å². The Hall–Kier alpha value is -1.10. The summed E-state index contributed by atoms with van der Waals surface area (Å²) in [5.41, 5.74) is 0.